The summed E-state index contributed by atoms with van der Waals surface area (Å²) in [4.78, 5) is 17.7. The van der Waals surface area contributed by atoms with Crippen molar-refractivity contribution in [3.63, 3.8) is 0 Å². The molecule has 0 bridgehead atoms. The summed E-state index contributed by atoms with van der Waals surface area (Å²) in [6.07, 6.45) is -2.92. The number of amides is 1. The molecule has 0 unspecified atom stereocenters. The van der Waals surface area contributed by atoms with Gasteiger partial charge in [0.05, 0.1) is 22.3 Å². The molecule has 0 aliphatic heterocycles. The molecule has 0 fully saturated rings. The minimum absolute atomic E-state index is 0.101. The second kappa shape index (κ2) is 8.21. The standard InChI is InChI=1S/C20H18ClF3N6OS/c1-4-29-9-12(11(3)27-29)10(2)25-19(31)17-16(21)18-26-13(14-6-5-7-32-14)8-15(20(22,23)24)30(18)28-17/h5-10H,4H2,1-3H3,(H,25,31)/t10-/m0/s1. The van der Waals surface area contributed by atoms with Gasteiger partial charge in [0.15, 0.2) is 17.0 Å². The van der Waals surface area contributed by atoms with Crippen LogP contribution in [0.4, 0.5) is 13.2 Å². The van der Waals surface area contributed by atoms with E-state index in [1.165, 1.54) is 11.3 Å². The highest BCUT2D eigenvalue weighted by atomic mass is 35.5. The molecule has 0 aliphatic carbocycles. The van der Waals surface area contributed by atoms with Gasteiger partial charge in [-0.15, -0.1) is 11.3 Å². The quantitative estimate of drug-likeness (QED) is 0.427. The number of fused-ring (bicyclic) bond motifs is 1. The molecule has 4 aromatic rings. The van der Waals surface area contributed by atoms with Crippen LogP contribution in [0.2, 0.25) is 5.02 Å². The lowest BCUT2D eigenvalue weighted by molar-refractivity contribution is -0.142. The summed E-state index contributed by atoms with van der Waals surface area (Å²) in [6.45, 7) is 6.16. The Balaban J connectivity index is 1.75. The molecule has 0 saturated carbocycles. The highest BCUT2D eigenvalue weighted by molar-refractivity contribution is 7.13. The number of carbonyl (C=O) groups is 1. The maximum absolute atomic E-state index is 13.8. The topological polar surface area (TPSA) is 77.1 Å². The van der Waals surface area contributed by atoms with Gasteiger partial charge in [0, 0.05) is 18.3 Å². The molecule has 4 rings (SSSR count). The number of thiophene rings is 1. The van der Waals surface area contributed by atoms with Crippen molar-refractivity contribution < 1.29 is 18.0 Å². The molecule has 4 aromatic heterocycles. The zero-order valence-electron chi connectivity index (χ0n) is 17.2. The number of nitrogens with one attached hydrogen (secondary N) is 1. The molecule has 1 atom stereocenters. The lowest BCUT2D eigenvalue weighted by atomic mass is 10.1. The van der Waals surface area contributed by atoms with Crippen molar-refractivity contribution in [3.05, 3.63) is 57.4 Å². The van der Waals surface area contributed by atoms with Crippen LogP contribution in [0, 0.1) is 6.92 Å². The first-order valence-electron chi connectivity index (χ1n) is 9.65. The number of hydrogen-bond acceptors (Lipinski definition) is 5. The van der Waals surface area contributed by atoms with Crippen LogP contribution in [0.3, 0.4) is 0 Å². The molecule has 0 aliphatic rings. The molecule has 12 heteroatoms. The molecule has 0 aromatic carbocycles. The van der Waals surface area contributed by atoms with Crippen molar-refractivity contribution in [3.8, 4) is 10.6 Å². The van der Waals surface area contributed by atoms with Crippen LogP contribution in [0.15, 0.2) is 29.8 Å². The monoisotopic (exact) mass is 482 g/mol. The van der Waals surface area contributed by atoms with Crippen molar-refractivity contribution in [2.45, 2.75) is 39.5 Å². The fourth-order valence-electron chi connectivity index (χ4n) is 3.35. The first-order chi connectivity index (χ1) is 15.1. The Hall–Kier alpha value is -2.92. The van der Waals surface area contributed by atoms with Crippen LogP contribution in [0.1, 0.15) is 47.3 Å². The summed E-state index contributed by atoms with van der Waals surface area (Å²) in [5.74, 6) is -0.706. The molecule has 0 spiro atoms. The van der Waals surface area contributed by atoms with E-state index in [4.69, 9.17) is 11.6 Å². The summed E-state index contributed by atoms with van der Waals surface area (Å²) in [7, 11) is 0. The van der Waals surface area contributed by atoms with E-state index in [9.17, 15) is 18.0 Å². The summed E-state index contributed by atoms with van der Waals surface area (Å²) in [5.41, 5.74) is -0.0147. The number of halogens is 4. The van der Waals surface area contributed by atoms with E-state index in [1.54, 1.807) is 29.1 Å². The maximum Gasteiger partial charge on any atom is 0.433 e. The highest BCUT2D eigenvalue weighted by Gasteiger charge is 2.37. The Morgan fingerprint density at radius 3 is 2.69 bits per heavy atom. The Kier molecular flexibility index (Phi) is 5.72. The van der Waals surface area contributed by atoms with E-state index in [2.05, 4.69) is 20.5 Å². The van der Waals surface area contributed by atoms with Crippen LogP contribution in [0.25, 0.3) is 16.2 Å². The van der Waals surface area contributed by atoms with Crippen molar-refractivity contribution in [1.82, 2.24) is 29.7 Å². The molecule has 1 N–H and O–H groups in total. The lowest BCUT2D eigenvalue weighted by Gasteiger charge is -2.12. The summed E-state index contributed by atoms with van der Waals surface area (Å²) in [6, 6.07) is 3.80. The molecule has 1 amide bonds. The third kappa shape index (κ3) is 3.97. The number of nitrogens with zero attached hydrogens (tertiary/aromatic N) is 5. The molecule has 0 radical (unpaired) electrons. The first kappa shape index (κ1) is 22.3. The summed E-state index contributed by atoms with van der Waals surface area (Å²) >= 11 is 7.55. The number of alkyl halides is 3. The van der Waals surface area contributed by atoms with E-state index < -0.39 is 23.8 Å². The maximum atomic E-state index is 13.8. The minimum Gasteiger partial charge on any atom is -0.344 e. The van der Waals surface area contributed by atoms with Crippen molar-refractivity contribution in [2.75, 3.05) is 0 Å². The predicted octanol–water partition coefficient (Wildman–Crippen LogP) is 5.15. The number of carbonyl (C=O) groups excluding carboxylic acids is 1. The molecule has 4 heterocycles. The van der Waals surface area contributed by atoms with Gasteiger partial charge in [0.25, 0.3) is 5.91 Å². The number of rotatable bonds is 5. The third-order valence-electron chi connectivity index (χ3n) is 4.93. The number of aromatic nitrogens is 5. The van der Waals surface area contributed by atoms with Gasteiger partial charge in [-0.1, -0.05) is 17.7 Å². The van der Waals surface area contributed by atoms with Crippen LogP contribution < -0.4 is 5.32 Å². The number of hydrogen-bond donors (Lipinski definition) is 1. The summed E-state index contributed by atoms with van der Waals surface area (Å²) in [5, 5.41) is 12.4. The van der Waals surface area contributed by atoms with Crippen LogP contribution in [-0.4, -0.2) is 30.3 Å². The lowest BCUT2D eigenvalue weighted by Crippen LogP contribution is -2.27. The summed E-state index contributed by atoms with van der Waals surface area (Å²) < 4.78 is 43.6. The van der Waals surface area contributed by atoms with Crippen LogP contribution in [-0.2, 0) is 12.7 Å². The smallest absolute Gasteiger partial charge is 0.344 e. The predicted molar refractivity (Wildman–Crippen MR) is 115 cm³/mol. The fraction of sp³-hybridized carbons (Fsp3) is 0.300. The van der Waals surface area contributed by atoms with Gasteiger partial charge >= 0.3 is 6.18 Å². The fourth-order valence-corrected chi connectivity index (χ4v) is 4.28. The third-order valence-corrected chi connectivity index (χ3v) is 6.17. The van der Waals surface area contributed by atoms with Gasteiger partial charge in [-0.25, -0.2) is 9.50 Å². The second-order valence-electron chi connectivity index (χ2n) is 7.12. The molecular formula is C20H18ClF3N6OS. The van der Waals surface area contributed by atoms with Crippen LogP contribution in [0.5, 0.6) is 0 Å². The molecule has 32 heavy (non-hydrogen) atoms. The van der Waals surface area contributed by atoms with Crippen LogP contribution >= 0.6 is 22.9 Å². The van der Waals surface area contributed by atoms with Crippen molar-refractivity contribution in [1.29, 1.82) is 0 Å². The van der Waals surface area contributed by atoms with Gasteiger partial charge in [0.1, 0.15) is 5.02 Å². The average Bonchev–Trinajstić information content (AvgIpc) is 3.46. The van der Waals surface area contributed by atoms with Crippen molar-refractivity contribution >= 4 is 34.5 Å². The first-order valence-corrected chi connectivity index (χ1v) is 10.9. The van der Waals surface area contributed by atoms with Crippen molar-refractivity contribution in [2.24, 2.45) is 0 Å². The zero-order valence-corrected chi connectivity index (χ0v) is 18.8. The highest BCUT2D eigenvalue weighted by Crippen LogP contribution is 2.35. The van der Waals surface area contributed by atoms with Gasteiger partial charge < -0.3 is 5.32 Å². The molecule has 7 nitrogen and oxygen atoms in total. The van der Waals surface area contributed by atoms with E-state index in [0.717, 1.165) is 17.3 Å². The molecule has 168 valence electrons. The SMILES string of the molecule is CCn1cc([C@H](C)NC(=O)c2nn3c(C(F)(F)F)cc(-c4cccs4)nc3c2Cl)c(C)n1. The van der Waals surface area contributed by atoms with E-state index in [1.807, 2.05) is 20.0 Å². The molecular weight excluding hydrogens is 465 g/mol. The zero-order chi connectivity index (χ0) is 23.2. The van der Waals surface area contributed by atoms with Gasteiger partial charge in [-0.2, -0.15) is 23.4 Å². The normalized spacial score (nSPS) is 13.0. The van der Waals surface area contributed by atoms with Gasteiger partial charge in [-0.3, -0.25) is 9.48 Å². The molecule has 0 saturated heterocycles. The van der Waals surface area contributed by atoms with E-state index in [0.29, 0.717) is 15.9 Å². The second-order valence-corrected chi connectivity index (χ2v) is 8.45. The Labute approximate surface area is 189 Å². The minimum atomic E-state index is -4.73. The Bertz CT molecular complexity index is 1300. The van der Waals surface area contributed by atoms with E-state index in [-0.39, 0.29) is 22.1 Å². The largest absolute Gasteiger partial charge is 0.433 e. The number of aryl methyl sites for hydroxylation is 2. The van der Waals surface area contributed by atoms with E-state index >= 15 is 0 Å². The average molecular weight is 483 g/mol. The van der Waals surface area contributed by atoms with Gasteiger partial charge in [0.2, 0.25) is 0 Å². The van der Waals surface area contributed by atoms with Gasteiger partial charge in [-0.05, 0) is 38.3 Å². The Morgan fingerprint density at radius 1 is 1.34 bits per heavy atom. The Morgan fingerprint density at radius 2 is 2.09 bits per heavy atom.